The molecule has 2 nitrogen and oxygen atoms in total. The molecular weight excluding hydrogens is 625 g/mol. The van der Waals surface area contributed by atoms with Gasteiger partial charge >= 0.3 is 0 Å². The van der Waals surface area contributed by atoms with Crippen LogP contribution < -0.4 is 4.90 Å². The van der Waals surface area contributed by atoms with Crippen LogP contribution in [0.5, 0.6) is 0 Å². The number of hydrogen-bond acceptors (Lipinski definition) is 3. The van der Waals surface area contributed by atoms with E-state index in [9.17, 15) is 0 Å². The van der Waals surface area contributed by atoms with Crippen molar-refractivity contribution < 1.29 is 0 Å². The third kappa shape index (κ3) is 4.59. The minimum Gasteiger partial charge on any atom is -0.309 e. The predicted octanol–water partition coefficient (Wildman–Crippen LogP) is 13.6. The summed E-state index contributed by atoms with van der Waals surface area (Å²) in [6.07, 6.45) is 1.89. The minimum absolute atomic E-state index is 1.05. The van der Waals surface area contributed by atoms with E-state index in [4.69, 9.17) is 4.98 Å². The quantitative estimate of drug-likeness (QED) is 0.188. The van der Waals surface area contributed by atoms with Crippen molar-refractivity contribution in [1.82, 2.24) is 4.98 Å². The molecule has 1 aliphatic carbocycles. The molecule has 0 aliphatic heterocycles. The molecule has 10 rings (SSSR count). The highest BCUT2D eigenvalue weighted by Gasteiger charge is 2.24. The highest BCUT2D eigenvalue weighted by molar-refractivity contribution is 7.26. The largest absolute Gasteiger partial charge is 0.309 e. The number of nitrogens with zero attached hydrogens (tertiary/aromatic N) is 2. The summed E-state index contributed by atoms with van der Waals surface area (Å²) in [4.78, 5) is 8.23. The first-order chi connectivity index (χ1) is 24.8. The van der Waals surface area contributed by atoms with Crippen LogP contribution in [0.1, 0.15) is 0 Å². The van der Waals surface area contributed by atoms with Gasteiger partial charge in [-0.05, 0) is 98.1 Å². The third-order valence-corrected chi connectivity index (χ3v) is 11.1. The smallest absolute Gasteiger partial charge is 0.124 e. The summed E-state index contributed by atoms with van der Waals surface area (Å²) in [7, 11) is 0. The summed E-state index contributed by atoms with van der Waals surface area (Å²) in [6.45, 7) is 0. The average molecular weight is 655 g/mol. The fraction of sp³-hybridized carbons (Fsp3) is 0. The molecule has 0 atom stereocenters. The second kappa shape index (κ2) is 11.7. The number of aromatic nitrogens is 1. The highest BCUT2D eigenvalue weighted by Crippen LogP contribution is 2.50. The number of benzene rings is 7. The highest BCUT2D eigenvalue weighted by atomic mass is 32.1. The van der Waals surface area contributed by atoms with Gasteiger partial charge < -0.3 is 4.90 Å². The number of fused-ring (bicyclic) bond motifs is 11. The molecule has 0 spiro atoms. The van der Waals surface area contributed by atoms with Gasteiger partial charge in [-0.1, -0.05) is 133 Å². The molecule has 0 saturated carbocycles. The molecule has 0 N–H and O–H groups in total. The predicted molar refractivity (Wildman–Crippen MR) is 213 cm³/mol. The lowest BCUT2D eigenvalue weighted by Crippen LogP contribution is -2.10. The van der Waals surface area contributed by atoms with Crippen molar-refractivity contribution in [2.75, 3.05) is 4.90 Å². The van der Waals surface area contributed by atoms with Crippen molar-refractivity contribution in [2.24, 2.45) is 0 Å². The average Bonchev–Trinajstić information content (AvgIpc) is 3.58. The van der Waals surface area contributed by atoms with Gasteiger partial charge in [0.15, 0.2) is 0 Å². The Morgan fingerprint density at radius 2 is 0.900 bits per heavy atom. The first-order valence-corrected chi connectivity index (χ1v) is 17.8. The van der Waals surface area contributed by atoms with Crippen LogP contribution in [0.3, 0.4) is 0 Å². The fourth-order valence-electron chi connectivity index (χ4n) is 7.64. The summed E-state index contributed by atoms with van der Waals surface area (Å²) < 4.78 is 1.22. The molecule has 0 bridgehead atoms. The molecule has 7 aromatic carbocycles. The van der Waals surface area contributed by atoms with E-state index in [0.717, 1.165) is 21.9 Å². The number of pyridine rings is 1. The Bertz CT molecular complexity index is 2700. The zero-order valence-electron chi connectivity index (χ0n) is 27.1. The molecular formula is C47H30N2S. The van der Waals surface area contributed by atoms with Crippen molar-refractivity contribution in [3.05, 3.63) is 182 Å². The van der Waals surface area contributed by atoms with Crippen LogP contribution in [0.2, 0.25) is 0 Å². The molecule has 0 fully saturated rings. The maximum atomic E-state index is 4.75. The summed E-state index contributed by atoms with van der Waals surface area (Å²) in [6, 6.07) is 64.0. The fourth-order valence-corrected chi connectivity index (χ4v) is 8.79. The van der Waals surface area contributed by atoms with E-state index in [1.54, 1.807) is 11.3 Å². The van der Waals surface area contributed by atoms with Crippen LogP contribution >= 0.6 is 11.3 Å². The molecule has 50 heavy (non-hydrogen) atoms. The van der Waals surface area contributed by atoms with Gasteiger partial charge in [-0.15, -0.1) is 11.3 Å². The third-order valence-electron chi connectivity index (χ3n) is 9.93. The minimum atomic E-state index is 1.05. The zero-order chi connectivity index (χ0) is 33.0. The number of hydrogen-bond donors (Lipinski definition) is 0. The topological polar surface area (TPSA) is 16.1 Å². The maximum Gasteiger partial charge on any atom is 0.124 e. The van der Waals surface area contributed by atoms with Gasteiger partial charge in [0.1, 0.15) is 4.83 Å². The lowest BCUT2D eigenvalue weighted by atomic mass is 9.81. The van der Waals surface area contributed by atoms with Crippen molar-refractivity contribution in [3.8, 4) is 55.6 Å². The standard InChI is InChI=1S/C47H30N2S/c1-2-12-31(13-3-1)32-23-25-33(26-24-32)49(45-22-10-20-42-43-21-11-29-48-47(43)50-46(42)45)34-27-28-41-39-18-7-6-16-37(39)35-14-4-5-15-36(35)38-17-8-9-19-40(38)44(41)30-34/h1-30H. The van der Waals surface area contributed by atoms with Gasteiger partial charge in [0.05, 0.1) is 10.4 Å². The first-order valence-electron chi connectivity index (χ1n) is 17.0. The van der Waals surface area contributed by atoms with Gasteiger partial charge in [-0.25, -0.2) is 4.98 Å². The number of thiophene rings is 1. The van der Waals surface area contributed by atoms with E-state index in [0.29, 0.717) is 0 Å². The molecule has 0 unspecified atom stereocenters. The van der Waals surface area contributed by atoms with Crippen molar-refractivity contribution in [1.29, 1.82) is 0 Å². The Hall–Kier alpha value is -6.29. The molecule has 0 saturated heterocycles. The van der Waals surface area contributed by atoms with E-state index >= 15 is 0 Å². The van der Waals surface area contributed by atoms with Gasteiger partial charge in [0.25, 0.3) is 0 Å². The summed E-state index contributed by atoms with van der Waals surface area (Å²) in [5, 5.41) is 2.42. The first kappa shape index (κ1) is 28.7. The van der Waals surface area contributed by atoms with Crippen LogP contribution in [0.4, 0.5) is 17.1 Å². The maximum absolute atomic E-state index is 4.75. The van der Waals surface area contributed by atoms with E-state index in [1.807, 2.05) is 12.3 Å². The Morgan fingerprint density at radius 1 is 0.380 bits per heavy atom. The van der Waals surface area contributed by atoms with Crippen LogP contribution in [0.25, 0.3) is 75.9 Å². The van der Waals surface area contributed by atoms with E-state index in [-0.39, 0.29) is 0 Å². The van der Waals surface area contributed by atoms with Gasteiger partial charge in [0.2, 0.25) is 0 Å². The zero-order valence-corrected chi connectivity index (χ0v) is 27.9. The van der Waals surface area contributed by atoms with Gasteiger partial charge in [0, 0.05) is 28.3 Å². The lowest BCUT2D eigenvalue weighted by molar-refractivity contribution is 1.30. The van der Waals surface area contributed by atoms with E-state index in [2.05, 4.69) is 175 Å². The molecule has 3 heteroatoms. The number of rotatable bonds is 4. The Morgan fingerprint density at radius 3 is 1.54 bits per heavy atom. The molecule has 1 aliphatic rings. The van der Waals surface area contributed by atoms with Crippen LogP contribution in [0.15, 0.2) is 182 Å². The molecule has 2 heterocycles. The Balaban J connectivity index is 1.24. The Kier molecular flexibility index (Phi) is 6.71. The van der Waals surface area contributed by atoms with Crippen molar-refractivity contribution in [2.45, 2.75) is 0 Å². The van der Waals surface area contributed by atoms with Crippen LogP contribution in [0, 0.1) is 0 Å². The van der Waals surface area contributed by atoms with Crippen LogP contribution in [-0.2, 0) is 0 Å². The van der Waals surface area contributed by atoms with E-state index in [1.165, 1.54) is 71.1 Å². The van der Waals surface area contributed by atoms with Gasteiger partial charge in [-0.3, -0.25) is 0 Å². The van der Waals surface area contributed by atoms with Crippen molar-refractivity contribution in [3.63, 3.8) is 0 Å². The number of anilines is 3. The summed E-state index contributed by atoms with van der Waals surface area (Å²) in [5.74, 6) is 0. The monoisotopic (exact) mass is 654 g/mol. The van der Waals surface area contributed by atoms with Crippen LogP contribution in [-0.4, -0.2) is 4.98 Å². The molecule has 9 aromatic rings. The second-order valence-corrected chi connectivity index (χ2v) is 13.7. The summed E-state index contributed by atoms with van der Waals surface area (Å²) >= 11 is 1.76. The molecule has 0 radical (unpaired) electrons. The SMILES string of the molecule is c1ccc(-c2ccc(N(c3ccc4c(c3)-c3ccccc3-c3ccccc3-c3ccccc3-4)c3cccc4c3sc3ncccc34)cc2)cc1. The summed E-state index contributed by atoms with van der Waals surface area (Å²) in [5.41, 5.74) is 15.7. The molecule has 2 aromatic heterocycles. The lowest BCUT2D eigenvalue weighted by Gasteiger charge is -2.29. The Labute approximate surface area is 295 Å². The molecule has 234 valence electrons. The molecule has 0 amide bonds. The van der Waals surface area contributed by atoms with Crippen molar-refractivity contribution >= 4 is 48.7 Å². The van der Waals surface area contributed by atoms with E-state index < -0.39 is 0 Å². The second-order valence-electron chi connectivity index (χ2n) is 12.7. The van der Waals surface area contributed by atoms with Gasteiger partial charge in [-0.2, -0.15) is 0 Å². The normalized spacial score (nSPS) is 11.6.